The van der Waals surface area contributed by atoms with Gasteiger partial charge < -0.3 is 9.84 Å². The zero-order valence-electron chi connectivity index (χ0n) is 14.7. The van der Waals surface area contributed by atoms with Crippen LogP contribution in [0.1, 0.15) is 55.5 Å². The van der Waals surface area contributed by atoms with E-state index in [0.717, 1.165) is 23.4 Å². The van der Waals surface area contributed by atoms with Crippen LogP contribution in [0.2, 0.25) is 0 Å². The highest BCUT2D eigenvalue weighted by Gasteiger charge is 2.18. The van der Waals surface area contributed by atoms with Crippen LogP contribution >= 0.6 is 0 Å². The highest BCUT2D eigenvalue weighted by atomic mass is 16.5. The summed E-state index contributed by atoms with van der Waals surface area (Å²) in [4.78, 5) is 16.5. The minimum atomic E-state index is -0.325. The summed E-state index contributed by atoms with van der Waals surface area (Å²) in [6, 6.07) is -0.325. The van der Waals surface area contributed by atoms with Crippen molar-refractivity contribution in [3.05, 3.63) is 28.7 Å². The smallest absolute Gasteiger partial charge is 0.248 e. The summed E-state index contributed by atoms with van der Waals surface area (Å²) in [5.41, 5.74) is 3.06. The molecule has 1 amide bonds. The summed E-state index contributed by atoms with van der Waals surface area (Å²) in [6.45, 7) is 12.1. The van der Waals surface area contributed by atoms with Crippen LogP contribution in [0, 0.1) is 26.7 Å². The molecule has 2 aromatic rings. The Labute approximate surface area is 136 Å². The Morgan fingerprint density at radius 3 is 2.52 bits per heavy atom. The van der Waals surface area contributed by atoms with Crippen molar-refractivity contribution in [2.24, 2.45) is 5.92 Å². The fraction of sp³-hybridized carbons (Fsp3) is 0.625. The normalized spacial score (nSPS) is 12.7. The van der Waals surface area contributed by atoms with Crippen LogP contribution in [0.25, 0.3) is 0 Å². The molecule has 0 aliphatic rings. The summed E-state index contributed by atoms with van der Waals surface area (Å²) in [5.74, 6) is 1.43. The molecule has 0 spiro atoms. The van der Waals surface area contributed by atoms with Gasteiger partial charge in [-0.1, -0.05) is 19.0 Å². The van der Waals surface area contributed by atoms with E-state index in [0.29, 0.717) is 17.6 Å². The average Bonchev–Trinajstić information content (AvgIpc) is 3.00. The summed E-state index contributed by atoms with van der Waals surface area (Å²) in [7, 11) is 0. The third-order valence-corrected chi connectivity index (χ3v) is 3.86. The fourth-order valence-corrected chi connectivity index (χ4v) is 2.32. The highest BCUT2D eigenvalue weighted by Crippen LogP contribution is 2.13. The number of carbonyl (C=O) groups is 1. The van der Waals surface area contributed by atoms with Gasteiger partial charge in [-0.15, -0.1) is 0 Å². The molecular weight excluding hydrogens is 294 g/mol. The number of nitrogens with zero attached hydrogens (tertiary/aromatic N) is 4. The van der Waals surface area contributed by atoms with Gasteiger partial charge in [0.05, 0.1) is 5.69 Å². The molecule has 2 heterocycles. The summed E-state index contributed by atoms with van der Waals surface area (Å²) >= 11 is 0. The van der Waals surface area contributed by atoms with Gasteiger partial charge >= 0.3 is 0 Å². The summed E-state index contributed by atoms with van der Waals surface area (Å²) in [5, 5.41) is 11.2. The van der Waals surface area contributed by atoms with Gasteiger partial charge in [0.1, 0.15) is 12.6 Å². The van der Waals surface area contributed by atoms with E-state index < -0.39 is 0 Å². The standard InChI is InChI=1S/C16H25N5O2/c1-9(2)7-14-18-16(23-20-14)12(5)17-15(22)8-21-13(6)10(3)11(4)19-21/h9,12H,7-8H2,1-6H3,(H,17,22)/t12-/m1/s1. The lowest BCUT2D eigenvalue weighted by Gasteiger charge is -2.10. The van der Waals surface area contributed by atoms with Gasteiger partial charge in [-0.2, -0.15) is 10.1 Å². The molecule has 1 N–H and O–H groups in total. The van der Waals surface area contributed by atoms with Crippen LogP contribution in [0.5, 0.6) is 0 Å². The Hall–Kier alpha value is -2.18. The molecule has 23 heavy (non-hydrogen) atoms. The number of nitrogens with one attached hydrogen (secondary N) is 1. The SMILES string of the molecule is Cc1nn(CC(=O)N[C@H](C)c2nc(CC(C)C)no2)c(C)c1C. The monoisotopic (exact) mass is 319 g/mol. The molecular formula is C16H25N5O2. The van der Waals surface area contributed by atoms with Gasteiger partial charge in [-0.25, -0.2) is 0 Å². The third kappa shape index (κ3) is 4.18. The van der Waals surface area contributed by atoms with Crippen LogP contribution in [0.15, 0.2) is 4.52 Å². The first-order valence-corrected chi connectivity index (χ1v) is 7.90. The lowest BCUT2D eigenvalue weighted by Crippen LogP contribution is -2.31. The number of amides is 1. The van der Waals surface area contributed by atoms with Gasteiger partial charge in [0, 0.05) is 12.1 Å². The van der Waals surface area contributed by atoms with Gasteiger partial charge in [0.2, 0.25) is 11.8 Å². The first-order valence-electron chi connectivity index (χ1n) is 7.90. The van der Waals surface area contributed by atoms with E-state index >= 15 is 0 Å². The second kappa shape index (κ2) is 6.93. The quantitative estimate of drug-likeness (QED) is 0.882. The average molecular weight is 319 g/mol. The maximum Gasteiger partial charge on any atom is 0.248 e. The third-order valence-electron chi connectivity index (χ3n) is 3.86. The molecule has 0 fully saturated rings. The van der Waals surface area contributed by atoms with Crippen molar-refractivity contribution < 1.29 is 9.32 Å². The second-order valence-electron chi connectivity index (χ2n) is 6.39. The number of hydrogen-bond donors (Lipinski definition) is 1. The van der Waals surface area contributed by atoms with Gasteiger partial charge in [0.15, 0.2) is 5.82 Å². The van der Waals surface area contributed by atoms with Gasteiger partial charge in [-0.3, -0.25) is 9.48 Å². The van der Waals surface area contributed by atoms with Crippen LogP contribution in [0.4, 0.5) is 0 Å². The molecule has 0 aliphatic carbocycles. The Bertz CT molecular complexity index is 687. The summed E-state index contributed by atoms with van der Waals surface area (Å²) in [6.07, 6.45) is 0.759. The van der Waals surface area contributed by atoms with Crippen LogP contribution in [0.3, 0.4) is 0 Å². The predicted octanol–water partition coefficient (Wildman–Crippen LogP) is 2.27. The van der Waals surface area contributed by atoms with E-state index in [4.69, 9.17) is 4.52 Å². The number of aryl methyl sites for hydroxylation is 1. The molecule has 7 heteroatoms. The Morgan fingerprint density at radius 1 is 1.26 bits per heavy atom. The van der Waals surface area contributed by atoms with Crippen LogP contribution < -0.4 is 5.32 Å². The number of carbonyl (C=O) groups excluding carboxylic acids is 1. The predicted molar refractivity (Wildman–Crippen MR) is 85.8 cm³/mol. The van der Waals surface area contributed by atoms with Gasteiger partial charge in [0.25, 0.3) is 0 Å². The first-order chi connectivity index (χ1) is 10.8. The molecule has 0 aromatic carbocycles. The van der Waals surface area contributed by atoms with Crippen LogP contribution in [-0.4, -0.2) is 25.8 Å². The zero-order chi connectivity index (χ0) is 17.1. The minimum Gasteiger partial charge on any atom is -0.343 e. The maximum absolute atomic E-state index is 12.2. The summed E-state index contributed by atoms with van der Waals surface area (Å²) < 4.78 is 6.94. The van der Waals surface area contributed by atoms with E-state index in [1.54, 1.807) is 4.68 Å². The molecule has 0 radical (unpaired) electrons. The molecule has 0 aliphatic heterocycles. The van der Waals surface area contributed by atoms with Crippen molar-refractivity contribution in [3.8, 4) is 0 Å². The molecule has 126 valence electrons. The number of hydrogen-bond acceptors (Lipinski definition) is 5. The van der Waals surface area contributed by atoms with Crippen molar-refractivity contribution in [2.75, 3.05) is 0 Å². The fourth-order valence-electron chi connectivity index (χ4n) is 2.32. The van der Waals surface area contributed by atoms with Crippen molar-refractivity contribution in [1.82, 2.24) is 25.2 Å². The molecule has 0 saturated carbocycles. The Balaban J connectivity index is 1.96. The highest BCUT2D eigenvalue weighted by molar-refractivity contribution is 5.76. The van der Waals surface area contributed by atoms with Gasteiger partial charge in [-0.05, 0) is 39.2 Å². The molecule has 2 rings (SSSR count). The second-order valence-corrected chi connectivity index (χ2v) is 6.39. The van der Waals surface area contributed by atoms with E-state index in [-0.39, 0.29) is 18.5 Å². The number of rotatable bonds is 6. The zero-order valence-corrected chi connectivity index (χ0v) is 14.7. The van der Waals surface area contributed by atoms with E-state index in [1.807, 2.05) is 27.7 Å². The maximum atomic E-state index is 12.2. The van der Waals surface area contributed by atoms with Crippen molar-refractivity contribution in [1.29, 1.82) is 0 Å². The van der Waals surface area contributed by atoms with Crippen LogP contribution in [-0.2, 0) is 17.8 Å². The first kappa shape index (κ1) is 17.2. The lowest BCUT2D eigenvalue weighted by molar-refractivity contribution is -0.122. The lowest BCUT2D eigenvalue weighted by atomic mass is 10.1. The molecule has 0 bridgehead atoms. The Kier molecular flexibility index (Phi) is 5.18. The van der Waals surface area contributed by atoms with Crippen molar-refractivity contribution in [2.45, 2.75) is 60.5 Å². The molecule has 2 aromatic heterocycles. The van der Waals surface area contributed by atoms with Crippen molar-refractivity contribution >= 4 is 5.91 Å². The molecule has 0 saturated heterocycles. The molecule has 1 atom stereocenters. The van der Waals surface area contributed by atoms with Crippen molar-refractivity contribution in [3.63, 3.8) is 0 Å². The minimum absolute atomic E-state index is 0.133. The van der Waals surface area contributed by atoms with E-state index in [2.05, 4.69) is 34.4 Å². The number of aromatic nitrogens is 4. The largest absolute Gasteiger partial charge is 0.343 e. The topological polar surface area (TPSA) is 85.8 Å². The van der Waals surface area contributed by atoms with E-state index in [1.165, 1.54) is 0 Å². The molecule has 7 nitrogen and oxygen atoms in total. The van der Waals surface area contributed by atoms with E-state index in [9.17, 15) is 4.79 Å². The molecule has 0 unspecified atom stereocenters. The Morgan fingerprint density at radius 2 is 1.96 bits per heavy atom.